The third-order valence-corrected chi connectivity index (χ3v) is 5.96. The van der Waals surface area contributed by atoms with E-state index < -0.39 is 0 Å². The monoisotopic (exact) mass is 362 g/mol. The molecule has 0 radical (unpaired) electrons. The van der Waals surface area contributed by atoms with E-state index >= 15 is 0 Å². The highest BCUT2D eigenvalue weighted by Gasteiger charge is 2.32. The molecule has 2 saturated heterocycles. The molecule has 2 atom stereocenters. The van der Waals surface area contributed by atoms with Gasteiger partial charge in [0.15, 0.2) is 5.69 Å². The molecule has 0 bridgehead atoms. The molecule has 1 N–H and O–H groups in total. The Balaban J connectivity index is 1.44. The van der Waals surface area contributed by atoms with E-state index in [0.29, 0.717) is 11.7 Å². The average molecular weight is 362 g/mol. The zero-order valence-corrected chi connectivity index (χ0v) is 15.9. The summed E-state index contributed by atoms with van der Waals surface area (Å²) in [5.41, 5.74) is 2.61. The van der Waals surface area contributed by atoms with Crippen molar-refractivity contribution < 1.29 is 14.3 Å². The van der Waals surface area contributed by atoms with Crippen LogP contribution in [0, 0.1) is 0 Å². The van der Waals surface area contributed by atoms with Crippen molar-refractivity contribution in [1.29, 1.82) is 0 Å². The summed E-state index contributed by atoms with van der Waals surface area (Å²) in [6.07, 6.45) is 4.07. The quantitative estimate of drug-likeness (QED) is 0.868. The lowest BCUT2D eigenvalue weighted by Crippen LogP contribution is -2.42. The second-order valence-electron chi connectivity index (χ2n) is 7.78. The smallest absolute Gasteiger partial charge is 0.274 e. The van der Waals surface area contributed by atoms with Gasteiger partial charge in [-0.15, -0.1) is 0 Å². The number of aromatic amines is 1. The molecule has 2 fully saturated rings. The fourth-order valence-corrected chi connectivity index (χ4v) is 4.56. The summed E-state index contributed by atoms with van der Waals surface area (Å²) in [5, 5.41) is 7.42. The fraction of sp³-hybridized carbons (Fsp3) is 0.789. The molecule has 3 aliphatic rings. The molecule has 0 saturated carbocycles. The third-order valence-electron chi connectivity index (χ3n) is 5.96. The normalized spacial score (nSPS) is 28.6. The number of rotatable bonds is 2. The van der Waals surface area contributed by atoms with Gasteiger partial charge < -0.3 is 14.4 Å². The Morgan fingerprint density at radius 1 is 1.15 bits per heavy atom. The summed E-state index contributed by atoms with van der Waals surface area (Å²) in [6.45, 7) is 9.38. The number of aromatic nitrogens is 2. The fourth-order valence-electron chi connectivity index (χ4n) is 4.56. The minimum absolute atomic E-state index is 0.0315. The van der Waals surface area contributed by atoms with E-state index in [0.717, 1.165) is 76.3 Å². The molecule has 144 valence electrons. The first-order chi connectivity index (χ1) is 12.6. The molecular weight excluding hydrogens is 332 g/mol. The first kappa shape index (κ1) is 17.9. The van der Waals surface area contributed by atoms with Crippen LogP contribution in [-0.2, 0) is 15.9 Å². The number of amides is 1. The van der Waals surface area contributed by atoms with Crippen LogP contribution in [0.2, 0.25) is 0 Å². The Labute approximate surface area is 155 Å². The van der Waals surface area contributed by atoms with E-state index in [9.17, 15) is 4.79 Å². The van der Waals surface area contributed by atoms with Crippen molar-refractivity contribution in [2.24, 2.45) is 0 Å². The average Bonchev–Trinajstić information content (AvgIpc) is 2.91. The molecule has 3 aliphatic heterocycles. The van der Waals surface area contributed by atoms with Gasteiger partial charge in [0.05, 0.1) is 17.9 Å². The van der Waals surface area contributed by atoms with Crippen molar-refractivity contribution in [3.8, 4) is 0 Å². The first-order valence-corrected chi connectivity index (χ1v) is 9.97. The number of carbonyl (C=O) groups excluding carboxylic acids is 1. The van der Waals surface area contributed by atoms with Gasteiger partial charge in [-0.05, 0) is 33.1 Å². The number of nitrogens with zero attached hydrogens (tertiary/aromatic N) is 3. The Morgan fingerprint density at radius 2 is 1.96 bits per heavy atom. The van der Waals surface area contributed by atoms with Gasteiger partial charge in [-0.1, -0.05) is 0 Å². The predicted octanol–water partition coefficient (Wildman–Crippen LogP) is 1.76. The molecule has 4 rings (SSSR count). The van der Waals surface area contributed by atoms with E-state index in [1.165, 1.54) is 0 Å². The van der Waals surface area contributed by atoms with Crippen molar-refractivity contribution in [2.45, 2.75) is 57.8 Å². The largest absolute Gasteiger partial charge is 0.381 e. The zero-order valence-electron chi connectivity index (χ0n) is 15.9. The van der Waals surface area contributed by atoms with E-state index in [-0.39, 0.29) is 18.1 Å². The van der Waals surface area contributed by atoms with Gasteiger partial charge in [-0.25, -0.2) is 0 Å². The predicted molar refractivity (Wildman–Crippen MR) is 97.2 cm³/mol. The second-order valence-corrected chi connectivity index (χ2v) is 7.78. The van der Waals surface area contributed by atoms with E-state index in [2.05, 4.69) is 22.0 Å². The highest BCUT2D eigenvalue weighted by molar-refractivity contribution is 5.94. The van der Waals surface area contributed by atoms with Crippen molar-refractivity contribution in [2.75, 3.05) is 39.4 Å². The molecule has 0 aromatic carbocycles. The van der Waals surface area contributed by atoms with Gasteiger partial charge in [0.1, 0.15) is 0 Å². The van der Waals surface area contributed by atoms with E-state index in [1.54, 1.807) is 0 Å². The van der Waals surface area contributed by atoms with Crippen molar-refractivity contribution in [3.05, 3.63) is 17.0 Å². The lowest BCUT2D eigenvalue weighted by molar-refractivity contribution is -0.00702. The highest BCUT2D eigenvalue weighted by Crippen LogP contribution is 2.30. The minimum Gasteiger partial charge on any atom is -0.381 e. The molecular formula is C19H30N4O3. The molecule has 0 aliphatic carbocycles. The maximum absolute atomic E-state index is 13.1. The van der Waals surface area contributed by atoms with Gasteiger partial charge >= 0.3 is 0 Å². The number of H-pyrrole nitrogens is 1. The molecule has 1 amide bonds. The molecule has 1 aromatic rings. The maximum Gasteiger partial charge on any atom is 0.274 e. The van der Waals surface area contributed by atoms with Crippen LogP contribution in [0.15, 0.2) is 0 Å². The second kappa shape index (κ2) is 7.66. The standard InChI is InChI=1S/C19H30N4O3/c1-13-12-16-17(14(2)26-13)20-21-18(16)19(24)23-7-3-6-22(8-9-23)15-4-10-25-11-5-15/h13-15H,3-12H2,1-2H3,(H,20,21)/t13-,14+/m1/s1. The lowest BCUT2D eigenvalue weighted by Gasteiger charge is -2.33. The zero-order chi connectivity index (χ0) is 18.1. The number of hydrogen-bond donors (Lipinski definition) is 1. The Bertz CT molecular complexity index is 641. The molecule has 0 unspecified atom stereocenters. The lowest BCUT2D eigenvalue weighted by atomic mass is 9.99. The molecule has 7 nitrogen and oxygen atoms in total. The first-order valence-electron chi connectivity index (χ1n) is 9.97. The number of fused-ring (bicyclic) bond motifs is 1. The van der Waals surface area contributed by atoms with Crippen LogP contribution < -0.4 is 0 Å². The van der Waals surface area contributed by atoms with Crippen LogP contribution in [0.5, 0.6) is 0 Å². The Kier molecular flexibility index (Phi) is 5.29. The highest BCUT2D eigenvalue weighted by atomic mass is 16.5. The van der Waals surface area contributed by atoms with Crippen LogP contribution in [0.1, 0.15) is 61.0 Å². The van der Waals surface area contributed by atoms with Gasteiger partial charge in [0, 0.05) is 57.4 Å². The summed E-state index contributed by atoms with van der Waals surface area (Å²) in [6, 6.07) is 0.607. The number of carbonyl (C=O) groups is 1. The van der Waals surface area contributed by atoms with Crippen molar-refractivity contribution in [3.63, 3.8) is 0 Å². The Morgan fingerprint density at radius 3 is 2.77 bits per heavy atom. The maximum atomic E-state index is 13.1. The van der Waals surface area contributed by atoms with Crippen LogP contribution in [-0.4, -0.2) is 77.4 Å². The van der Waals surface area contributed by atoms with Gasteiger partial charge in [0.25, 0.3) is 5.91 Å². The number of nitrogens with one attached hydrogen (secondary N) is 1. The number of ether oxygens (including phenoxy) is 2. The molecule has 1 aromatic heterocycles. The van der Waals surface area contributed by atoms with Gasteiger partial charge in [-0.2, -0.15) is 5.10 Å². The van der Waals surface area contributed by atoms with Crippen LogP contribution in [0.25, 0.3) is 0 Å². The summed E-state index contributed by atoms with van der Waals surface area (Å²) >= 11 is 0. The minimum atomic E-state index is -0.0315. The van der Waals surface area contributed by atoms with E-state index in [1.807, 2.05) is 11.8 Å². The van der Waals surface area contributed by atoms with Gasteiger partial charge in [-0.3, -0.25) is 14.8 Å². The molecule has 26 heavy (non-hydrogen) atoms. The summed E-state index contributed by atoms with van der Waals surface area (Å²) < 4.78 is 11.3. The van der Waals surface area contributed by atoms with Crippen molar-refractivity contribution >= 4 is 5.91 Å². The molecule has 0 spiro atoms. The third kappa shape index (κ3) is 3.52. The van der Waals surface area contributed by atoms with Crippen molar-refractivity contribution in [1.82, 2.24) is 20.0 Å². The summed E-state index contributed by atoms with van der Waals surface area (Å²) in [5.74, 6) is 0.0672. The van der Waals surface area contributed by atoms with E-state index in [4.69, 9.17) is 9.47 Å². The summed E-state index contributed by atoms with van der Waals surface area (Å²) in [4.78, 5) is 17.7. The molecule has 7 heteroatoms. The van der Waals surface area contributed by atoms with Gasteiger partial charge in [0.2, 0.25) is 0 Å². The van der Waals surface area contributed by atoms with Crippen LogP contribution in [0.4, 0.5) is 0 Å². The number of hydrogen-bond acceptors (Lipinski definition) is 5. The molecule has 4 heterocycles. The topological polar surface area (TPSA) is 70.7 Å². The SMILES string of the molecule is C[C@@H]1Cc2c(C(=O)N3CCCN(C4CCOCC4)CC3)n[nH]c2[C@H](C)O1. The summed E-state index contributed by atoms with van der Waals surface area (Å²) in [7, 11) is 0. The van der Waals surface area contributed by atoms with Crippen LogP contribution in [0.3, 0.4) is 0 Å². The van der Waals surface area contributed by atoms with Crippen LogP contribution >= 0.6 is 0 Å². The Hall–Kier alpha value is -1.44.